The molecule has 0 aliphatic rings. The molecule has 134 valence electrons. The first-order chi connectivity index (χ1) is 12.7. The second kappa shape index (κ2) is 8.19. The Bertz CT molecular complexity index is 915. The summed E-state index contributed by atoms with van der Waals surface area (Å²) in [4.78, 5) is 20.7. The Morgan fingerprint density at radius 2 is 1.92 bits per heavy atom. The molecule has 3 rings (SSSR count). The summed E-state index contributed by atoms with van der Waals surface area (Å²) in [5.74, 6) is 0.398. The zero-order valence-electron chi connectivity index (χ0n) is 14.7. The molecule has 2 aromatic heterocycles. The highest BCUT2D eigenvalue weighted by atomic mass is 16.5. The van der Waals surface area contributed by atoms with Crippen LogP contribution in [-0.4, -0.2) is 39.3 Å². The van der Waals surface area contributed by atoms with Crippen LogP contribution in [0.15, 0.2) is 36.8 Å². The molecule has 0 radical (unpaired) electrons. The standard InChI is InChI=1S/C18H20N6O2/c1-3-7-19-16-15(17(25)26-4-2)11-20-18(24-16)23-14-6-5-12-9-21-22-10-13(12)8-14/h5-6,8-11H,3-4,7H2,1-2H3,(H2,19,20,23,24). The number of carbonyl (C=O) groups is 1. The summed E-state index contributed by atoms with van der Waals surface area (Å²) in [6.45, 7) is 4.79. The van der Waals surface area contributed by atoms with Crippen molar-refractivity contribution in [2.75, 3.05) is 23.8 Å². The smallest absolute Gasteiger partial charge is 0.343 e. The number of fused-ring (bicyclic) bond motifs is 1. The molecule has 0 atom stereocenters. The number of anilines is 3. The van der Waals surface area contributed by atoms with Crippen molar-refractivity contribution in [1.82, 2.24) is 20.2 Å². The minimum absolute atomic E-state index is 0.298. The average Bonchev–Trinajstić information content (AvgIpc) is 2.66. The van der Waals surface area contributed by atoms with Crippen molar-refractivity contribution in [2.24, 2.45) is 0 Å². The Balaban J connectivity index is 1.87. The summed E-state index contributed by atoms with van der Waals surface area (Å²) in [7, 11) is 0. The molecule has 0 fully saturated rings. The predicted molar refractivity (Wildman–Crippen MR) is 99.6 cm³/mol. The van der Waals surface area contributed by atoms with E-state index < -0.39 is 5.97 Å². The molecule has 0 aliphatic heterocycles. The van der Waals surface area contributed by atoms with Crippen LogP contribution in [-0.2, 0) is 4.74 Å². The Kier molecular flexibility index (Phi) is 5.52. The van der Waals surface area contributed by atoms with E-state index in [4.69, 9.17) is 4.74 Å². The van der Waals surface area contributed by atoms with Gasteiger partial charge in [-0.15, -0.1) is 0 Å². The zero-order valence-corrected chi connectivity index (χ0v) is 14.7. The highest BCUT2D eigenvalue weighted by Crippen LogP contribution is 2.21. The van der Waals surface area contributed by atoms with Crippen LogP contribution in [0.2, 0.25) is 0 Å². The van der Waals surface area contributed by atoms with Crippen molar-refractivity contribution in [3.05, 3.63) is 42.4 Å². The van der Waals surface area contributed by atoms with E-state index in [9.17, 15) is 4.79 Å². The van der Waals surface area contributed by atoms with Gasteiger partial charge in [-0.25, -0.2) is 9.78 Å². The number of benzene rings is 1. The highest BCUT2D eigenvalue weighted by molar-refractivity contribution is 5.94. The van der Waals surface area contributed by atoms with Gasteiger partial charge in [0.15, 0.2) is 0 Å². The van der Waals surface area contributed by atoms with Gasteiger partial charge in [0.05, 0.1) is 19.0 Å². The molecule has 0 saturated heterocycles. The molecule has 2 heterocycles. The van der Waals surface area contributed by atoms with Gasteiger partial charge in [0, 0.05) is 29.2 Å². The second-order valence-corrected chi connectivity index (χ2v) is 5.56. The average molecular weight is 352 g/mol. The third-order valence-electron chi connectivity index (χ3n) is 3.63. The fourth-order valence-electron chi connectivity index (χ4n) is 2.38. The molecule has 0 aliphatic carbocycles. The van der Waals surface area contributed by atoms with E-state index in [0.29, 0.717) is 30.5 Å². The number of ether oxygens (including phenoxy) is 1. The van der Waals surface area contributed by atoms with Gasteiger partial charge in [0.1, 0.15) is 11.4 Å². The number of nitrogens with zero attached hydrogens (tertiary/aromatic N) is 4. The van der Waals surface area contributed by atoms with E-state index in [0.717, 1.165) is 22.9 Å². The first-order valence-electron chi connectivity index (χ1n) is 8.46. The molecule has 0 spiro atoms. The van der Waals surface area contributed by atoms with Crippen LogP contribution in [0.3, 0.4) is 0 Å². The highest BCUT2D eigenvalue weighted by Gasteiger charge is 2.15. The van der Waals surface area contributed by atoms with Crippen LogP contribution in [0.4, 0.5) is 17.5 Å². The number of rotatable bonds is 7. The minimum Gasteiger partial charge on any atom is -0.462 e. The molecular formula is C18H20N6O2. The van der Waals surface area contributed by atoms with Crippen LogP contribution < -0.4 is 10.6 Å². The molecular weight excluding hydrogens is 332 g/mol. The van der Waals surface area contributed by atoms with E-state index in [2.05, 4.69) is 30.8 Å². The fraction of sp³-hybridized carbons (Fsp3) is 0.278. The number of hydrogen-bond donors (Lipinski definition) is 2. The molecule has 2 N–H and O–H groups in total. The lowest BCUT2D eigenvalue weighted by molar-refractivity contribution is 0.0526. The van der Waals surface area contributed by atoms with Gasteiger partial charge in [0.2, 0.25) is 5.95 Å². The fourth-order valence-corrected chi connectivity index (χ4v) is 2.38. The zero-order chi connectivity index (χ0) is 18.4. The largest absolute Gasteiger partial charge is 0.462 e. The molecule has 0 unspecified atom stereocenters. The molecule has 0 bridgehead atoms. The number of nitrogens with one attached hydrogen (secondary N) is 2. The van der Waals surface area contributed by atoms with Gasteiger partial charge in [-0.05, 0) is 25.5 Å². The van der Waals surface area contributed by atoms with Gasteiger partial charge < -0.3 is 15.4 Å². The van der Waals surface area contributed by atoms with Gasteiger partial charge in [-0.2, -0.15) is 15.2 Å². The van der Waals surface area contributed by atoms with E-state index in [-0.39, 0.29) is 0 Å². The van der Waals surface area contributed by atoms with E-state index >= 15 is 0 Å². The Hall–Kier alpha value is -3.29. The van der Waals surface area contributed by atoms with Crippen molar-refractivity contribution in [3.63, 3.8) is 0 Å². The lowest BCUT2D eigenvalue weighted by atomic mass is 10.2. The Morgan fingerprint density at radius 3 is 2.69 bits per heavy atom. The number of hydrogen-bond acceptors (Lipinski definition) is 8. The van der Waals surface area contributed by atoms with Crippen molar-refractivity contribution in [3.8, 4) is 0 Å². The van der Waals surface area contributed by atoms with Crippen LogP contribution >= 0.6 is 0 Å². The lowest BCUT2D eigenvalue weighted by Crippen LogP contribution is -2.13. The number of aromatic nitrogens is 4. The van der Waals surface area contributed by atoms with Gasteiger partial charge in [-0.1, -0.05) is 13.0 Å². The topological polar surface area (TPSA) is 102 Å². The van der Waals surface area contributed by atoms with Crippen LogP contribution in [0, 0.1) is 0 Å². The third kappa shape index (κ3) is 4.02. The maximum absolute atomic E-state index is 12.1. The first kappa shape index (κ1) is 17.5. The van der Waals surface area contributed by atoms with Gasteiger partial charge in [0.25, 0.3) is 0 Å². The van der Waals surface area contributed by atoms with Crippen molar-refractivity contribution in [1.29, 1.82) is 0 Å². The SMILES string of the molecule is CCCNc1nc(Nc2ccc3cnncc3c2)ncc1C(=O)OCC. The molecule has 3 aromatic rings. The van der Waals surface area contributed by atoms with Gasteiger partial charge in [-0.3, -0.25) is 0 Å². The summed E-state index contributed by atoms with van der Waals surface area (Å²) < 4.78 is 5.06. The number of esters is 1. The first-order valence-corrected chi connectivity index (χ1v) is 8.46. The quantitative estimate of drug-likeness (QED) is 0.625. The summed E-state index contributed by atoms with van der Waals surface area (Å²) in [5, 5.41) is 16.0. The maximum atomic E-state index is 12.1. The molecule has 0 amide bonds. The monoisotopic (exact) mass is 352 g/mol. The van der Waals surface area contributed by atoms with E-state index in [1.54, 1.807) is 19.3 Å². The van der Waals surface area contributed by atoms with Crippen LogP contribution in [0.1, 0.15) is 30.6 Å². The van der Waals surface area contributed by atoms with E-state index in [1.807, 2.05) is 25.1 Å². The maximum Gasteiger partial charge on any atom is 0.343 e. The minimum atomic E-state index is -0.443. The molecule has 26 heavy (non-hydrogen) atoms. The molecule has 1 aromatic carbocycles. The number of carbonyl (C=O) groups excluding carboxylic acids is 1. The third-order valence-corrected chi connectivity index (χ3v) is 3.63. The second-order valence-electron chi connectivity index (χ2n) is 5.56. The van der Waals surface area contributed by atoms with Gasteiger partial charge >= 0.3 is 5.97 Å². The van der Waals surface area contributed by atoms with E-state index in [1.165, 1.54) is 6.20 Å². The van der Waals surface area contributed by atoms with Crippen molar-refractivity contribution < 1.29 is 9.53 Å². The van der Waals surface area contributed by atoms with Crippen LogP contribution in [0.25, 0.3) is 10.8 Å². The normalized spacial score (nSPS) is 10.5. The summed E-state index contributed by atoms with van der Waals surface area (Å²) in [5.41, 5.74) is 1.13. The van der Waals surface area contributed by atoms with Crippen LogP contribution in [0.5, 0.6) is 0 Å². The Labute approximate surface area is 151 Å². The summed E-state index contributed by atoms with van der Waals surface area (Å²) >= 11 is 0. The summed E-state index contributed by atoms with van der Waals surface area (Å²) in [6, 6.07) is 5.78. The Morgan fingerprint density at radius 1 is 1.12 bits per heavy atom. The summed E-state index contributed by atoms with van der Waals surface area (Å²) in [6.07, 6.45) is 5.77. The molecule has 0 saturated carbocycles. The molecule has 8 nitrogen and oxygen atoms in total. The van der Waals surface area contributed by atoms with Crippen molar-refractivity contribution >= 4 is 34.2 Å². The molecule has 8 heteroatoms. The lowest BCUT2D eigenvalue weighted by Gasteiger charge is -2.12. The predicted octanol–water partition coefficient (Wildman–Crippen LogP) is 3.16. The van der Waals surface area contributed by atoms with Crippen molar-refractivity contribution in [2.45, 2.75) is 20.3 Å².